The minimum Gasteiger partial charge on any atom is -0.478 e. The zero-order chi connectivity index (χ0) is 28.5. The molecule has 3 aromatic carbocycles. The molecular formula is C26H23BrF3N3O5S. The maximum absolute atomic E-state index is 13.4. The molecule has 0 aromatic heterocycles. The molecule has 1 heterocycles. The van der Waals surface area contributed by atoms with Gasteiger partial charge in [0.2, 0.25) is 10.0 Å². The van der Waals surface area contributed by atoms with Crippen LogP contribution in [-0.2, 0) is 16.2 Å². The number of hydrogen-bond acceptors (Lipinski definition) is 5. The molecule has 0 atom stereocenters. The van der Waals surface area contributed by atoms with E-state index in [1.165, 1.54) is 40.7 Å². The van der Waals surface area contributed by atoms with E-state index in [1.54, 1.807) is 24.0 Å². The number of piperazine rings is 1. The molecule has 0 bridgehead atoms. The Labute approximate surface area is 231 Å². The van der Waals surface area contributed by atoms with Crippen LogP contribution in [0.2, 0.25) is 0 Å². The summed E-state index contributed by atoms with van der Waals surface area (Å²) in [6, 6.07) is 13.3. The first-order valence-corrected chi connectivity index (χ1v) is 13.9. The second-order valence-corrected chi connectivity index (χ2v) is 11.7. The number of carboxylic acids is 1. The number of aromatic carboxylic acids is 1. The van der Waals surface area contributed by atoms with Crippen LogP contribution in [0.3, 0.4) is 0 Å². The molecule has 0 spiro atoms. The number of halogens is 4. The van der Waals surface area contributed by atoms with Crippen LogP contribution < -0.4 is 10.2 Å². The summed E-state index contributed by atoms with van der Waals surface area (Å²) < 4.78 is 67.8. The van der Waals surface area contributed by atoms with Gasteiger partial charge in [0.05, 0.1) is 21.7 Å². The molecule has 3 aromatic rings. The number of nitrogens with zero attached hydrogens (tertiary/aromatic N) is 2. The molecule has 0 aliphatic carbocycles. The highest BCUT2D eigenvalue weighted by molar-refractivity contribution is 9.10. The van der Waals surface area contributed by atoms with Crippen LogP contribution >= 0.6 is 15.9 Å². The van der Waals surface area contributed by atoms with Gasteiger partial charge >= 0.3 is 12.1 Å². The fourth-order valence-electron chi connectivity index (χ4n) is 4.21. The van der Waals surface area contributed by atoms with Gasteiger partial charge in [0.25, 0.3) is 5.91 Å². The molecule has 13 heteroatoms. The molecule has 1 saturated heterocycles. The van der Waals surface area contributed by atoms with E-state index in [2.05, 4.69) is 21.2 Å². The molecule has 1 fully saturated rings. The van der Waals surface area contributed by atoms with Crippen molar-refractivity contribution in [3.8, 4) is 0 Å². The third-order valence-corrected chi connectivity index (χ3v) is 8.72. The Balaban J connectivity index is 1.52. The topological polar surface area (TPSA) is 107 Å². The minimum absolute atomic E-state index is 0.0366. The SMILES string of the molecule is Cc1ccc(S(=O)(=O)N2CCN(c3cccc(C(F)(F)F)c3)CC2)cc1C(=O)Nc1ccc(Br)cc1C(=O)O. The van der Waals surface area contributed by atoms with E-state index in [0.29, 0.717) is 15.7 Å². The van der Waals surface area contributed by atoms with Crippen molar-refractivity contribution in [2.75, 3.05) is 36.4 Å². The smallest absolute Gasteiger partial charge is 0.416 e. The lowest BCUT2D eigenvalue weighted by Crippen LogP contribution is -2.48. The van der Waals surface area contributed by atoms with E-state index >= 15 is 0 Å². The number of sulfonamides is 1. The number of nitrogens with one attached hydrogen (secondary N) is 1. The fraction of sp³-hybridized carbons (Fsp3) is 0.231. The summed E-state index contributed by atoms with van der Waals surface area (Å²) in [4.78, 5) is 26.2. The van der Waals surface area contributed by atoms with E-state index < -0.39 is 33.6 Å². The molecular weight excluding hydrogens is 603 g/mol. The summed E-state index contributed by atoms with van der Waals surface area (Å²) in [6.07, 6.45) is -4.48. The third-order valence-electron chi connectivity index (χ3n) is 6.33. The van der Waals surface area contributed by atoms with Crippen LogP contribution in [0, 0.1) is 6.92 Å². The van der Waals surface area contributed by atoms with Crippen molar-refractivity contribution in [1.82, 2.24) is 4.31 Å². The van der Waals surface area contributed by atoms with Gasteiger partial charge in [-0.1, -0.05) is 28.1 Å². The average molecular weight is 626 g/mol. The predicted octanol–water partition coefficient (Wildman–Crippen LogP) is 5.24. The first kappa shape index (κ1) is 28.6. The van der Waals surface area contributed by atoms with Crippen LogP contribution in [0.25, 0.3) is 0 Å². The summed E-state index contributed by atoms with van der Waals surface area (Å²) in [7, 11) is -4.03. The molecule has 1 amide bonds. The van der Waals surface area contributed by atoms with Gasteiger partial charge in [0.1, 0.15) is 0 Å². The van der Waals surface area contributed by atoms with Crippen molar-refractivity contribution >= 4 is 49.2 Å². The second kappa shape index (κ2) is 11.0. The third kappa shape index (κ3) is 6.26. The summed E-state index contributed by atoms with van der Waals surface area (Å²) >= 11 is 3.19. The van der Waals surface area contributed by atoms with Gasteiger partial charge in [-0.05, 0) is 61.0 Å². The van der Waals surface area contributed by atoms with Crippen molar-refractivity contribution < 1.29 is 36.3 Å². The number of anilines is 2. The largest absolute Gasteiger partial charge is 0.478 e. The van der Waals surface area contributed by atoms with Gasteiger partial charge < -0.3 is 15.3 Å². The lowest BCUT2D eigenvalue weighted by molar-refractivity contribution is -0.137. The number of carbonyl (C=O) groups is 2. The van der Waals surface area contributed by atoms with E-state index in [9.17, 15) is 36.3 Å². The van der Waals surface area contributed by atoms with Crippen LogP contribution in [0.4, 0.5) is 24.5 Å². The zero-order valence-corrected chi connectivity index (χ0v) is 22.9. The Morgan fingerprint density at radius 2 is 1.64 bits per heavy atom. The standard InChI is InChI=1S/C26H23BrF3N3O5S/c1-16-5-7-20(15-21(16)24(34)31-23-8-6-18(27)14-22(23)25(35)36)39(37,38)33-11-9-32(10-12-33)19-4-2-3-17(13-19)26(28,29)30/h2-8,13-15H,9-12H2,1H3,(H,31,34)(H,35,36). The van der Waals surface area contributed by atoms with E-state index in [1.807, 2.05) is 0 Å². The lowest BCUT2D eigenvalue weighted by atomic mass is 10.1. The highest BCUT2D eigenvalue weighted by atomic mass is 79.9. The van der Waals surface area contributed by atoms with Gasteiger partial charge in [-0.3, -0.25) is 4.79 Å². The van der Waals surface area contributed by atoms with Gasteiger partial charge in [0.15, 0.2) is 0 Å². The zero-order valence-electron chi connectivity index (χ0n) is 20.5. The normalized spacial score (nSPS) is 14.7. The molecule has 8 nitrogen and oxygen atoms in total. The van der Waals surface area contributed by atoms with Crippen molar-refractivity contribution in [3.05, 3.63) is 87.4 Å². The number of aryl methyl sites for hydroxylation is 1. The van der Waals surface area contributed by atoms with Crippen molar-refractivity contribution in [2.24, 2.45) is 0 Å². The lowest BCUT2D eigenvalue weighted by Gasteiger charge is -2.35. The highest BCUT2D eigenvalue weighted by Crippen LogP contribution is 2.32. The number of carboxylic acid groups (broad SMARTS) is 1. The highest BCUT2D eigenvalue weighted by Gasteiger charge is 2.33. The maximum atomic E-state index is 13.4. The number of amides is 1. The number of carbonyl (C=O) groups excluding carboxylic acids is 1. The molecule has 1 aliphatic rings. The molecule has 0 saturated carbocycles. The summed E-state index contributed by atoms with van der Waals surface area (Å²) in [5, 5.41) is 12.0. The van der Waals surface area contributed by atoms with E-state index in [0.717, 1.165) is 12.1 Å². The van der Waals surface area contributed by atoms with Crippen LogP contribution in [0.1, 0.15) is 31.8 Å². The van der Waals surface area contributed by atoms with Crippen LogP contribution in [0.15, 0.2) is 70.0 Å². The average Bonchev–Trinajstić information content (AvgIpc) is 2.89. The number of benzene rings is 3. The van der Waals surface area contributed by atoms with Crippen LogP contribution in [-0.4, -0.2) is 55.9 Å². The van der Waals surface area contributed by atoms with Crippen molar-refractivity contribution in [2.45, 2.75) is 18.0 Å². The Morgan fingerprint density at radius 1 is 0.949 bits per heavy atom. The summed E-state index contributed by atoms with van der Waals surface area (Å²) in [5.41, 5.74) is 0.0172. The number of alkyl halides is 3. The van der Waals surface area contributed by atoms with Crippen molar-refractivity contribution in [1.29, 1.82) is 0 Å². The monoisotopic (exact) mass is 625 g/mol. The first-order chi connectivity index (χ1) is 18.3. The molecule has 4 rings (SSSR count). The van der Waals surface area contributed by atoms with E-state index in [-0.39, 0.29) is 47.9 Å². The molecule has 39 heavy (non-hydrogen) atoms. The first-order valence-electron chi connectivity index (χ1n) is 11.6. The van der Waals surface area contributed by atoms with Gasteiger partial charge in [0, 0.05) is 41.9 Å². The Hall–Kier alpha value is -3.42. The number of rotatable bonds is 6. The minimum atomic E-state index is -4.48. The second-order valence-electron chi connectivity index (χ2n) is 8.87. The fourth-order valence-corrected chi connectivity index (χ4v) is 6.02. The summed E-state index contributed by atoms with van der Waals surface area (Å²) in [6.45, 7) is 2.06. The van der Waals surface area contributed by atoms with Gasteiger partial charge in [-0.25, -0.2) is 13.2 Å². The molecule has 0 unspecified atom stereocenters. The molecule has 1 aliphatic heterocycles. The van der Waals surface area contributed by atoms with Gasteiger partial charge in [-0.15, -0.1) is 0 Å². The number of hydrogen-bond donors (Lipinski definition) is 2. The Kier molecular flexibility index (Phi) is 8.05. The maximum Gasteiger partial charge on any atom is 0.416 e. The van der Waals surface area contributed by atoms with E-state index in [4.69, 9.17) is 0 Å². The molecule has 2 N–H and O–H groups in total. The van der Waals surface area contributed by atoms with Gasteiger partial charge in [-0.2, -0.15) is 17.5 Å². The molecule has 206 valence electrons. The van der Waals surface area contributed by atoms with Crippen molar-refractivity contribution in [3.63, 3.8) is 0 Å². The Morgan fingerprint density at radius 3 is 2.28 bits per heavy atom. The summed E-state index contributed by atoms with van der Waals surface area (Å²) in [5.74, 6) is -1.92. The molecule has 0 radical (unpaired) electrons. The van der Waals surface area contributed by atoms with Crippen LogP contribution in [0.5, 0.6) is 0 Å². The predicted molar refractivity (Wildman–Crippen MR) is 143 cm³/mol. The Bertz CT molecular complexity index is 1540. The quantitative estimate of drug-likeness (QED) is 0.388.